The maximum atomic E-state index is 12.0. The third-order valence-electron chi connectivity index (χ3n) is 4.50. The number of hydrogen-bond donors (Lipinski definition) is 2. The molecule has 1 saturated heterocycles. The monoisotopic (exact) mass is 317 g/mol. The molecule has 1 amide bonds. The summed E-state index contributed by atoms with van der Waals surface area (Å²) >= 11 is 0. The fourth-order valence-electron chi connectivity index (χ4n) is 3.38. The van der Waals surface area contributed by atoms with E-state index in [1.807, 2.05) is 0 Å². The lowest BCUT2D eigenvalue weighted by molar-refractivity contribution is -0.144. The molecule has 21 heavy (non-hydrogen) atoms. The molecule has 1 heterocycles. The molecule has 0 bridgehead atoms. The number of hydrogen-bond acceptors (Lipinski definition) is 4. The standard InChI is InChI=1S/C14H23NO5S/c16-12(8-10-6-7-21(19,20)9-10)15-13(14(17)18)11-4-2-1-3-5-11/h10-11,13H,1-9H2,(H,15,16)(H,17,18). The van der Waals surface area contributed by atoms with Crippen molar-refractivity contribution in [3.8, 4) is 0 Å². The Morgan fingerprint density at radius 1 is 1.14 bits per heavy atom. The van der Waals surface area contributed by atoms with Crippen LogP contribution in [0.15, 0.2) is 0 Å². The van der Waals surface area contributed by atoms with Crippen LogP contribution in [0.3, 0.4) is 0 Å². The van der Waals surface area contributed by atoms with Crippen LogP contribution in [0.1, 0.15) is 44.9 Å². The topological polar surface area (TPSA) is 101 Å². The third kappa shape index (κ3) is 4.69. The summed E-state index contributed by atoms with van der Waals surface area (Å²) in [6.45, 7) is 0. The first-order chi connectivity index (χ1) is 9.87. The van der Waals surface area contributed by atoms with Crippen molar-refractivity contribution in [2.75, 3.05) is 11.5 Å². The number of sulfone groups is 1. The fourth-order valence-corrected chi connectivity index (χ4v) is 5.24. The summed E-state index contributed by atoms with van der Waals surface area (Å²) in [5.41, 5.74) is 0. The number of carboxylic acid groups (broad SMARTS) is 1. The zero-order valence-corrected chi connectivity index (χ0v) is 12.9. The van der Waals surface area contributed by atoms with Gasteiger partial charge in [0.05, 0.1) is 11.5 Å². The Labute approximate surface area is 125 Å². The molecule has 0 aromatic heterocycles. The average molecular weight is 317 g/mol. The minimum absolute atomic E-state index is 0.00693. The normalized spacial score (nSPS) is 27.1. The second-order valence-corrected chi connectivity index (χ2v) is 8.48. The number of carboxylic acids is 1. The number of rotatable bonds is 5. The van der Waals surface area contributed by atoms with Crippen molar-refractivity contribution in [3.05, 3.63) is 0 Å². The van der Waals surface area contributed by atoms with Gasteiger partial charge < -0.3 is 10.4 Å². The van der Waals surface area contributed by atoms with E-state index in [0.717, 1.165) is 32.1 Å². The minimum atomic E-state index is -3.00. The molecule has 0 spiro atoms. The van der Waals surface area contributed by atoms with Gasteiger partial charge in [0.25, 0.3) is 0 Å². The lowest BCUT2D eigenvalue weighted by Gasteiger charge is -2.28. The van der Waals surface area contributed by atoms with Gasteiger partial charge in [0.2, 0.25) is 5.91 Å². The van der Waals surface area contributed by atoms with E-state index in [-0.39, 0.29) is 35.7 Å². The maximum Gasteiger partial charge on any atom is 0.326 e. The van der Waals surface area contributed by atoms with Crippen molar-refractivity contribution >= 4 is 21.7 Å². The molecule has 1 aliphatic carbocycles. The summed E-state index contributed by atoms with van der Waals surface area (Å²) in [6.07, 6.45) is 5.39. The number of nitrogens with one attached hydrogen (secondary N) is 1. The van der Waals surface area contributed by atoms with Crippen molar-refractivity contribution in [2.24, 2.45) is 11.8 Å². The largest absolute Gasteiger partial charge is 0.480 e. The van der Waals surface area contributed by atoms with Gasteiger partial charge in [0, 0.05) is 6.42 Å². The van der Waals surface area contributed by atoms with Gasteiger partial charge in [-0.1, -0.05) is 19.3 Å². The molecule has 0 aromatic rings. The van der Waals surface area contributed by atoms with Gasteiger partial charge >= 0.3 is 5.97 Å². The molecule has 2 N–H and O–H groups in total. The molecule has 2 aliphatic rings. The second kappa shape index (κ2) is 6.77. The average Bonchev–Trinajstić information content (AvgIpc) is 2.76. The van der Waals surface area contributed by atoms with Crippen molar-refractivity contribution in [3.63, 3.8) is 0 Å². The summed E-state index contributed by atoms with van der Waals surface area (Å²) < 4.78 is 22.7. The molecule has 1 saturated carbocycles. The van der Waals surface area contributed by atoms with E-state index in [9.17, 15) is 23.1 Å². The Morgan fingerprint density at radius 2 is 1.81 bits per heavy atom. The highest BCUT2D eigenvalue weighted by Crippen LogP contribution is 2.27. The van der Waals surface area contributed by atoms with E-state index in [0.29, 0.717) is 6.42 Å². The number of amides is 1. The van der Waals surface area contributed by atoms with E-state index < -0.39 is 21.8 Å². The summed E-state index contributed by atoms with van der Waals surface area (Å²) in [5.74, 6) is -1.33. The first-order valence-corrected chi connectivity index (χ1v) is 9.42. The first-order valence-electron chi connectivity index (χ1n) is 7.60. The Bertz CT molecular complexity index is 495. The summed E-state index contributed by atoms with van der Waals surface area (Å²) in [7, 11) is -3.00. The lowest BCUT2D eigenvalue weighted by Crippen LogP contribution is -2.47. The Hall–Kier alpha value is -1.11. The zero-order valence-electron chi connectivity index (χ0n) is 12.1. The molecule has 2 unspecified atom stereocenters. The molecule has 2 atom stereocenters. The highest BCUT2D eigenvalue weighted by atomic mass is 32.2. The Morgan fingerprint density at radius 3 is 2.33 bits per heavy atom. The molecular weight excluding hydrogens is 294 g/mol. The van der Waals surface area contributed by atoms with Crippen LogP contribution in [0, 0.1) is 11.8 Å². The van der Waals surface area contributed by atoms with Crippen LogP contribution in [0.4, 0.5) is 0 Å². The van der Waals surface area contributed by atoms with E-state index >= 15 is 0 Å². The van der Waals surface area contributed by atoms with Gasteiger partial charge in [-0.2, -0.15) is 0 Å². The van der Waals surface area contributed by atoms with Crippen molar-refractivity contribution in [2.45, 2.75) is 51.0 Å². The molecule has 120 valence electrons. The summed E-state index contributed by atoms with van der Waals surface area (Å²) in [6, 6.07) is -0.837. The molecule has 7 heteroatoms. The van der Waals surface area contributed by atoms with Gasteiger partial charge in [0.15, 0.2) is 9.84 Å². The smallest absolute Gasteiger partial charge is 0.326 e. The number of aliphatic carboxylic acids is 1. The SMILES string of the molecule is O=C(CC1CCS(=O)(=O)C1)NC(C(=O)O)C1CCCCC1. The molecule has 2 fully saturated rings. The van der Waals surface area contributed by atoms with Crippen LogP contribution in [0.25, 0.3) is 0 Å². The molecular formula is C14H23NO5S. The van der Waals surface area contributed by atoms with Crippen molar-refractivity contribution < 1.29 is 23.1 Å². The van der Waals surface area contributed by atoms with E-state index in [2.05, 4.69) is 5.32 Å². The van der Waals surface area contributed by atoms with Gasteiger partial charge in [-0.25, -0.2) is 13.2 Å². The van der Waals surface area contributed by atoms with E-state index in [1.165, 1.54) is 0 Å². The van der Waals surface area contributed by atoms with Gasteiger partial charge in [0.1, 0.15) is 6.04 Å². The van der Waals surface area contributed by atoms with Gasteiger partial charge in [-0.05, 0) is 31.1 Å². The van der Waals surface area contributed by atoms with E-state index in [4.69, 9.17) is 0 Å². The zero-order chi connectivity index (χ0) is 15.5. The van der Waals surface area contributed by atoms with Crippen LogP contribution in [0.2, 0.25) is 0 Å². The lowest BCUT2D eigenvalue weighted by atomic mass is 9.83. The molecule has 6 nitrogen and oxygen atoms in total. The quantitative estimate of drug-likeness (QED) is 0.786. The molecule has 0 aromatic carbocycles. The van der Waals surface area contributed by atoms with Gasteiger partial charge in [-0.15, -0.1) is 0 Å². The predicted octanol–water partition coefficient (Wildman–Crippen LogP) is 0.961. The highest BCUT2D eigenvalue weighted by Gasteiger charge is 2.33. The summed E-state index contributed by atoms with van der Waals surface area (Å²) in [5, 5.41) is 11.9. The first kappa shape index (κ1) is 16.3. The molecule has 0 radical (unpaired) electrons. The Balaban J connectivity index is 1.88. The Kier molecular flexibility index (Phi) is 5.24. The number of carbonyl (C=O) groups is 2. The minimum Gasteiger partial charge on any atom is -0.480 e. The van der Waals surface area contributed by atoms with Crippen molar-refractivity contribution in [1.29, 1.82) is 0 Å². The van der Waals surface area contributed by atoms with Crippen molar-refractivity contribution in [1.82, 2.24) is 5.32 Å². The number of carbonyl (C=O) groups excluding carboxylic acids is 1. The molecule has 2 rings (SSSR count). The third-order valence-corrected chi connectivity index (χ3v) is 6.34. The van der Waals surface area contributed by atoms with Crippen LogP contribution in [-0.4, -0.2) is 42.9 Å². The van der Waals surface area contributed by atoms with Crippen LogP contribution in [-0.2, 0) is 19.4 Å². The second-order valence-electron chi connectivity index (χ2n) is 6.25. The predicted molar refractivity (Wildman–Crippen MR) is 77.5 cm³/mol. The van der Waals surface area contributed by atoms with Crippen LogP contribution < -0.4 is 5.32 Å². The maximum absolute atomic E-state index is 12.0. The molecule has 1 aliphatic heterocycles. The highest BCUT2D eigenvalue weighted by molar-refractivity contribution is 7.91. The van der Waals surface area contributed by atoms with Crippen LogP contribution in [0.5, 0.6) is 0 Å². The van der Waals surface area contributed by atoms with E-state index in [1.54, 1.807) is 0 Å². The van der Waals surface area contributed by atoms with Gasteiger partial charge in [-0.3, -0.25) is 4.79 Å². The fraction of sp³-hybridized carbons (Fsp3) is 0.857. The summed E-state index contributed by atoms with van der Waals surface area (Å²) in [4.78, 5) is 23.4. The van der Waals surface area contributed by atoms with Crippen LogP contribution >= 0.6 is 0 Å².